The quantitative estimate of drug-likeness (QED) is 0.762. The Morgan fingerprint density at radius 2 is 1.61 bits per heavy atom. The molecular weight excluding hydrogens is 300 g/mol. The summed E-state index contributed by atoms with van der Waals surface area (Å²) in [6, 6.07) is 5.28. The standard InChI is InChI=1S/C17H20O6/c1-6-23-17(18)15-12(20-3)8-10-7-11(19-2)9-13(21-4)14(10)16(15)22-5/h7-9H,6H2,1-5H3. The highest BCUT2D eigenvalue weighted by atomic mass is 16.5. The Morgan fingerprint density at radius 3 is 2.13 bits per heavy atom. The van der Waals surface area contributed by atoms with Gasteiger partial charge in [0.1, 0.15) is 28.6 Å². The lowest BCUT2D eigenvalue weighted by molar-refractivity contribution is 0.0519. The molecule has 0 unspecified atom stereocenters. The molecule has 0 fully saturated rings. The summed E-state index contributed by atoms with van der Waals surface area (Å²) in [6.07, 6.45) is 0. The Morgan fingerprint density at radius 1 is 0.913 bits per heavy atom. The van der Waals surface area contributed by atoms with Crippen LogP contribution in [0.2, 0.25) is 0 Å². The first kappa shape index (κ1) is 16.7. The summed E-state index contributed by atoms with van der Waals surface area (Å²) in [6.45, 7) is 1.99. The molecule has 0 aliphatic rings. The molecule has 0 heterocycles. The highest BCUT2D eigenvalue weighted by Gasteiger charge is 2.25. The van der Waals surface area contributed by atoms with Gasteiger partial charge in [0.15, 0.2) is 0 Å². The molecule has 0 N–H and O–H groups in total. The molecule has 0 atom stereocenters. The van der Waals surface area contributed by atoms with Gasteiger partial charge in [-0.05, 0) is 24.4 Å². The van der Waals surface area contributed by atoms with Crippen LogP contribution in [0.1, 0.15) is 17.3 Å². The molecule has 0 radical (unpaired) electrons. The fourth-order valence-corrected chi connectivity index (χ4v) is 2.46. The SMILES string of the molecule is CCOC(=O)c1c(OC)cc2cc(OC)cc(OC)c2c1OC. The zero-order chi connectivity index (χ0) is 17.0. The van der Waals surface area contributed by atoms with Gasteiger partial charge < -0.3 is 23.7 Å². The maximum absolute atomic E-state index is 12.3. The maximum atomic E-state index is 12.3. The minimum atomic E-state index is -0.513. The fraction of sp³-hybridized carbons (Fsp3) is 0.353. The Bertz CT molecular complexity index is 723. The second-order valence-corrected chi connectivity index (χ2v) is 4.64. The smallest absolute Gasteiger partial charge is 0.345 e. The van der Waals surface area contributed by atoms with Crippen LogP contribution in [0.25, 0.3) is 10.8 Å². The van der Waals surface area contributed by atoms with E-state index in [2.05, 4.69) is 0 Å². The highest BCUT2D eigenvalue weighted by Crippen LogP contribution is 2.43. The van der Waals surface area contributed by atoms with Crippen LogP contribution < -0.4 is 18.9 Å². The van der Waals surface area contributed by atoms with Gasteiger partial charge in [-0.15, -0.1) is 0 Å². The van der Waals surface area contributed by atoms with E-state index in [9.17, 15) is 4.79 Å². The summed E-state index contributed by atoms with van der Waals surface area (Å²) in [5, 5.41) is 1.42. The molecule has 6 nitrogen and oxygen atoms in total. The lowest BCUT2D eigenvalue weighted by atomic mass is 10.0. The van der Waals surface area contributed by atoms with Crippen LogP contribution in [0.15, 0.2) is 18.2 Å². The number of carbonyl (C=O) groups excluding carboxylic acids is 1. The van der Waals surface area contributed by atoms with Gasteiger partial charge in [-0.3, -0.25) is 0 Å². The van der Waals surface area contributed by atoms with Crippen molar-refractivity contribution >= 4 is 16.7 Å². The Balaban J connectivity index is 2.88. The van der Waals surface area contributed by atoms with Crippen molar-refractivity contribution in [1.29, 1.82) is 0 Å². The van der Waals surface area contributed by atoms with Crippen molar-refractivity contribution in [3.8, 4) is 23.0 Å². The third kappa shape index (κ3) is 2.97. The first-order chi connectivity index (χ1) is 11.1. The molecule has 2 aromatic rings. The number of rotatable bonds is 6. The van der Waals surface area contributed by atoms with Crippen molar-refractivity contribution < 1.29 is 28.5 Å². The molecule has 124 valence electrons. The predicted molar refractivity (Wildman–Crippen MR) is 86.1 cm³/mol. The molecule has 0 spiro atoms. The van der Waals surface area contributed by atoms with Crippen molar-refractivity contribution in [2.24, 2.45) is 0 Å². The molecule has 0 saturated carbocycles. The molecule has 0 bridgehead atoms. The van der Waals surface area contributed by atoms with Crippen molar-refractivity contribution in [3.05, 3.63) is 23.8 Å². The van der Waals surface area contributed by atoms with Crippen molar-refractivity contribution in [3.63, 3.8) is 0 Å². The molecule has 0 amide bonds. The third-order valence-corrected chi connectivity index (χ3v) is 3.45. The minimum Gasteiger partial charge on any atom is -0.497 e. The Labute approximate surface area is 134 Å². The third-order valence-electron chi connectivity index (χ3n) is 3.45. The minimum absolute atomic E-state index is 0.229. The number of fused-ring (bicyclic) bond motifs is 1. The number of ether oxygens (including phenoxy) is 5. The summed E-state index contributed by atoms with van der Waals surface area (Å²) in [4.78, 5) is 12.3. The zero-order valence-electron chi connectivity index (χ0n) is 13.9. The van der Waals surface area contributed by atoms with E-state index in [1.54, 1.807) is 33.3 Å². The number of esters is 1. The van der Waals surface area contributed by atoms with Gasteiger partial charge in [-0.2, -0.15) is 0 Å². The average molecular weight is 320 g/mol. The van der Waals surface area contributed by atoms with Crippen molar-refractivity contribution in [2.45, 2.75) is 6.92 Å². The monoisotopic (exact) mass is 320 g/mol. The van der Waals surface area contributed by atoms with Crippen LogP contribution in [0, 0.1) is 0 Å². The topological polar surface area (TPSA) is 63.2 Å². The van der Waals surface area contributed by atoms with E-state index >= 15 is 0 Å². The predicted octanol–water partition coefficient (Wildman–Crippen LogP) is 3.05. The molecule has 2 rings (SSSR count). The van der Waals surface area contributed by atoms with E-state index in [-0.39, 0.29) is 12.2 Å². The molecule has 0 saturated heterocycles. The van der Waals surface area contributed by atoms with Crippen LogP contribution in [0.5, 0.6) is 23.0 Å². The zero-order valence-corrected chi connectivity index (χ0v) is 13.9. The van der Waals surface area contributed by atoms with E-state index in [0.29, 0.717) is 28.4 Å². The van der Waals surface area contributed by atoms with E-state index in [1.165, 1.54) is 14.2 Å². The first-order valence-corrected chi connectivity index (χ1v) is 7.09. The van der Waals surface area contributed by atoms with Crippen LogP contribution in [-0.4, -0.2) is 41.0 Å². The number of hydrogen-bond donors (Lipinski definition) is 0. The van der Waals surface area contributed by atoms with E-state index in [1.807, 2.05) is 6.07 Å². The lowest BCUT2D eigenvalue weighted by Gasteiger charge is -2.17. The summed E-state index contributed by atoms with van der Waals surface area (Å²) in [5.41, 5.74) is 0.229. The summed E-state index contributed by atoms with van der Waals surface area (Å²) < 4.78 is 26.6. The molecule has 0 aromatic heterocycles. The molecule has 23 heavy (non-hydrogen) atoms. The lowest BCUT2D eigenvalue weighted by Crippen LogP contribution is -2.09. The number of benzene rings is 2. The van der Waals surface area contributed by atoms with Crippen LogP contribution in [0.4, 0.5) is 0 Å². The Hall–Kier alpha value is -2.63. The van der Waals surface area contributed by atoms with E-state index in [4.69, 9.17) is 23.7 Å². The molecule has 0 aliphatic carbocycles. The van der Waals surface area contributed by atoms with E-state index in [0.717, 1.165) is 5.39 Å². The van der Waals surface area contributed by atoms with E-state index < -0.39 is 5.97 Å². The van der Waals surface area contributed by atoms with Crippen LogP contribution in [0.3, 0.4) is 0 Å². The summed E-state index contributed by atoms with van der Waals surface area (Å²) >= 11 is 0. The van der Waals surface area contributed by atoms with Crippen molar-refractivity contribution in [2.75, 3.05) is 35.0 Å². The largest absolute Gasteiger partial charge is 0.497 e. The second kappa shape index (κ2) is 7.09. The number of methoxy groups -OCH3 is 4. The van der Waals surface area contributed by atoms with Gasteiger partial charge in [-0.25, -0.2) is 4.79 Å². The summed E-state index contributed by atoms with van der Waals surface area (Å²) in [7, 11) is 6.09. The van der Waals surface area contributed by atoms with Gasteiger partial charge in [0.25, 0.3) is 0 Å². The van der Waals surface area contributed by atoms with Crippen LogP contribution in [-0.2, 0) is 4.74 Å². The van der Waals surface area contributed by atoms with Gasteiger partial charge in [-0.1, -0.05) is 0 Å². The van der Waals surface area contributed by atoms with Gasteiger partial charge in [0.05, 0.1) is 40.4 Å². The fourth-order valence-electron chi connectivity index (χ4n) is 2.46. The molecule has 2 aromatic carbocycles. The van der Waals surface area contributed by atoms with Crippen LogP contribution >= 0.6 is 0 Å². The van der Waals surface area contributed by atoms with Gasteiger partial charge in [0.2, 0.25) is 0 Å². The molecular formula is C17H20O6. The Kier molecular flexibility index (Phi) is 5.16. The molecule has 0 aliphatic heterocycles. The highest BCUT2D eigenvalue weighted by molar-refractivity contribution is 6.06. The maximum Gasteiger partial charge on any atom is 0.345 e. The number of hydrogen-bond acceptors (Lipinski definition) is 6. The first-order valence-electron chi connectivity index (χ1n) is 7.09. The summed E-state index contributed by atoms with van der Waals surface area (Å²) in [5.74, 6) is 1.35. The van der Waals surface area contributed by atoms with Gasteiger partial charge in [0, 0.05) is 6.07 Å². The van der Waals surface area contributed by atoms with Gasteiger partial charge >= 0.3 is 5.97 Å². The molecule has 6 heteroatoms. The normalized spacial score (nSPS) is 10.3. The average Bonchev–Trinajstić information content (AvgIpc) is 2.58. The second-order valence-electron chi connectivity index (χ2n) is 4.64. The number of carbonyl (C=O) groups is 1. The van der Waals surface area contributed by atoms with Crippen molar-refractivity contribution in [1.82, 2.24) is 0 Å².